The number of hydrogen-bond acceptors (Lipinski definition) is 4. The predicted octanol–water partition coefficient (Wildman–Crippen LogP) is 2.09. The maximum absolute atomic E-state index is 11.6. The average molecular weight is 302 g/mol. The van der Waals surface area contributed by atoms with Crippen molar-refractivity contribution in [3.8, 4) is 0 Å². The van der Waals surface area contributed by atoms with Gasteiger partial charge >= 0.3 is 12.2 Å². The molecule has 6 heteroatoms. The van der Waals surface area contributed by atoms with Crippen LogP contribution in [0.5, 0.6) is 0 Å². The number of nitrogens with zero attached hydrogens (tertiary/aromatic N) is 2. The fourth-order valence-electron chi connectivity index (χ4n) is 2.00. The Balaban J connectivity index is 2.08. The Bertz CT molecular complexity index is 346. The van der Waals surface area contributed by atoms with Gasteiger partial charge in [0, 0.05) is 0 Å². The van der Waals surface area contributed by atoms with E-state index >= 15 is 0 Å². The van der Waals surface area contributed by atoms with Gasteiger partial charge in [0.25, 0.3) is 0 Å². The van der Waals surface area contributed by atoms with Gasteiger partial charge in [-0.2, -0.15) is 9.59 Å². The Morgan fingerprint density at radius 1 is 0.810 bits per heavy atom. The lowest BCUT2D eigenvalue weighted by molar-refractivity contribution is -0.795. The fourth-order valence-corrected chi connectivity index (χ4v) is 2.00. The van der Waals surface area contributed by atoms with E-state index in [1.165, 1.54) is 0 Å². The van der Waals surface area contributed by atoms with Gasteiger partial charge in [-0.25, -0.2) is 8.97 Å². The van der Waals surface area contributed by atoms with Gasteiger partial charge in [0.15, 0.2) is 0 Å². The number of carbonyl (C=O) groups excluding carboxylic acids is 2. The highest BCUT2D eigenvalue weighted by Gasteiger charge is 2.37. The van der Waals surface area contributed by atoms with Gasteiger partial charge in [0.05, 0.1) is 55.5 Å². The highest BCUT2D eigenvalue weighted by atomic mass is 16.6. The van der Waals surface area contributed by atoms with Crippen molar-refractivity contribution in [1.82, 2.24) is 0 Å². The zero-order chi connectivity index (χ0) is 16.3. The molecule has 0 aliphatic heterocycles. The van der Waals surface area contributed by atoms with E-state index in [1.54, 1.807) is 42.3 Å². The van der Waals surface area contributed by atoms with E-state index in [0.29, 0.717) is 25.0 Å². The van der Waals surface area contributed by atoms with Gasteiger partial charge in [-0.05, 0) is 31.1 Å². The van der Waals surface area contributed by atoms with Crippen LogP contribution >= 0.6 is 0 Å². The molecule has 0 heterocycles. The number of amides is 2. The zero-order valence-electron chi connectivity index (χ0n) is 14.2. The lowest BCUT2D eigenvalue weighted by atomic mass is 10.2. The van der Waals surface area contributed by atoms with Crippen LogP contribution in [-0.4, -0.2) is 76.7 Å². The van der Waals surface area contributed by atoms with E-state index in [2.05, 4.69) is 0 Å². The van der Waals surface area contributed by atoms with Crippen LogP contribution in [0.3, 0.4) is 0 Å². The Hall–Kier alpha value is -1.14. The van der Waals surface area contributed by atoms with Crippen molar-refractivity contribution in [2.24, 2.45) is 11.8 Å². The Kier molecular flexibility index (Phi) is 5.75. The number of rotatable bonds is 6. The van der Waals surface area contributed by atoms with Crippen LogP contribution in [0.25, 0.3) is 0 Å². The quantitative estimate of drug-likeness (QED) is 0.705. The van der Waals surface area contributed by atoms with E-state index < -0.39 is 0 Å². The summed E-state index contributed by atoms with van der Waals surface area (Å²) in [7, 11) is 10.8. The summed E-state index contributed by atoms with van der Waals surface area (Å²) in [6.45, 7) is 0.961. The molecular weight excluding hydrogens is 272 g/mol. The minimum atomic E-state index is -0.205. The molecule has 2 unspecified atom stereocenters. The third-order valence-corrected chi connectivity index (χ3v) is 3.59. The van der Waals surface area contributed by atoms with Gasteiger partial charge < -0.3 is 9.47 Å². The first kappa shape index (κ1) is 17.9. The van der Waals surface area contributed by atoms with Crippen LogP contribution in [0, 0.1) is 11.8 Å². The van der Waals surface area contributed by atoms with E-state index in [9.17, 15) is 9.59 Å². The van der Waals surface area contributed by atoms with Crippen LogP contribution in [-0.2, 0) is 9.47 Å². The van der Waals surface area contributed by atoms with Crippen molar-refractivity contribution in [1.29, 1.82) is 0 Å². The van der Waals surface area contributed by atoms with E-state index in [0.717, 1.165) is 19.3 Å². The Labute approximate surface area is 127 Å². The fraction of sp³-hybridized carbons (Fsp3) is 0.867. The Morgan fingerprint density at radius 2 is 1.14 bits per heavy atom. The minimum Gasteiger partial charge on any atom is -0.420 e. The maximum atomic E-state index is 11.6. The second-order valence-electron chi connectivity index (χ2n) is 7.59. The predicted molar refractivity (Wildman–Crippen MR) is 79.6 cm³/mol. The molecule has 2 atom stereocenters. The van der Waals surface area contributed by atoms with Crippen molar-refractivity contribution in [3.63, 3.8) is 0 Å². The molecule has 0 aromatic heterocycles. The molecule has 0 N–H and O–H groups in total. The highest BCUT2D eigenvalue weighted by Crippen LogP contribution is 2.43. The maximum Gasteiger partial charge on any atom is 0.515 e. The van der Waals surface area contributed by atoms with Crippen LogP contribution in [0.4, 0.5) is 9.59 Å². The average Bonchev–Trinajstić information content (AvgIpc) is 3.05. The summed E-state index contributed by atoms with van der Waals surface area (Å²) >= 11 is 0. The van der Waals surface area contributed by atoms with Gasteiger partial charge in [-0.1, -0.05) is 0 Å². The molecule has 6 nitrogen and oxygen atoms in total. The molecular formula is C15H30N2O4+2. The topological polar surface area (TPSA) is 52.6 Å². The second-order valence-corrected chi connectivity index (χ2v) is 7.59. The first-order valence-electron chi connectivity index (χ1n) is 7.49. The minimum absolute atomic E-state index is 0.190. The number of quaternary nitrogens is 2. The lowest BCUT2D eigenvalue weighted by Crippen LogP contribution is -2.41. The van der Waals surface area contributed by atoms with Gasteiger partial charge in [-0.15, -0.1) is 0 Å². The van der Waals surface area contributed by atoms with E-state index in [1.807, 2.05) is 0 Å². The van der Waals surface area contributed by atoms with Crippen molar-refractivity contribution >= 4 is 12.2 Å². The van der Waals surface area contributed by atoms with Crippen molar-refractivity contribution in [3.05, 3.63) is 0 Å². The molecule has 0 aromatic carbocycles. The molecule has 0 spiro atoms. The lowest BCUT2D eigenvalue weighted by Gasteiger charge is -2.19. The summed E-state index contributed by atoms with van der Waals surface area (Å²) in [5, 5.41) is 0. The highest BCUT2D eigenvalue weighted by molar-refractivity contribution is 5.59. The smallest absolute Gasteiger partial charge is 0.420 e. The van der Waals surface area contributed by atoms with Crippen molar-refractivity contribution in [2.75, 3.05) is 55.5 Å². The van der Waals surface area contributed by atoms with Crippen LogP contribution < -0.4 is 0 Å². The summed E-state index contributed by atoms with van der Waals surface area (Å²) < 4.78 is 10.9. The van der Waals surface area contributed by atoms with Crippen molar-refractivity contribution in [2.45, 2.75) is 19.3 Å². The molecule has 0 saturated heterocycles. The van der Waals surface area contributed by atoms with Crippen molar-refractivity contribution < 1.29 is 28.0 Å². The zero-order valence-corrected chi connectivity index (χ0v) is 14.2. The number of ether oxygens (including phenoxy) is 2. The molecule has 0 bridgehead atoms. The molecule has 1 rings (SSSR count). The third kappa shape index (κ3) is 6.44. The first-order chi connectivity index (χ1) is 9.51. The molecule has 1 saturated carbocycles. The molecule has 0 aromatic rings. The normalized spacial score (nSPS) is 21.8. The van der Waals surface area contributed by atoms with Gasteiger partial charge in [-0.3, -0.25) is 0 Å². The summed E-state index contributed by atoms with van der Waals surface area (Å²) in [6.07, 6.45) is 2.54. The van der Waals surface area contributed by atoms with Crippen LogP contribution in [0.15, 0.2) is 0 Å². The summed E-state index contributed by atoms with van der Waals surface area (Å²) in [4.78, 5) is 23.2. The van der Waals surface area contributed by atoms with E-state index in [4.69, 9.17) is 9.47 Å². The Morgan fingerprint density at radius 3 is 1.43 bits per heavy atom. The third-order valence-electron chi connectivity index (χ3n) is 3.59. The molecule has 1 fully saturated rings. The van der Waals surface area contributed by atoms with Crippen LogP contribution in [0.2, 0.25) is 0 Å². The summed E-state index contributed by atoms with van der Waals surface area (Å²) in [5.41, 5.74) is 0. The second kappa shape index (κ2) is 6.75. The van der Waals surface area contributed by atoms with Crippen LogP contribution in [0.1, 0.15) is 19.3 Å². The monoisotopic (exact) mass is 302 g/mol. The molecule has 122 valence electrons. The molecule has 1 aliphatic rings. The molecule has 1 aliphatic carbocycles. The van der Waals surface area contributed by atoms with Gasteiger partial charge in [0.1, 0.15) is 0 Å². The number of carbonyl (C=O) groups is 2. The molecule has 21 heavy (non-hydrogen) atoms. The summed E-state index contributed by atoms with van der Waals surface area (Å²) in [5.74, 6) is 1.21. The molecule has 0 radical (unpaired) electrons. The summed E-state index contributed by atoms with van der Waals surface area (Å²) in [6, 6.07) is 0. The standard InChI is InChI=1S/C15H30N2O4/c1-16(2,3)14(18)20-9-7-12-11-13(12)8-10-21-15(19)17(4,5)6/h12-13H,7-11H2,1-6H3/q+2. The van der Waals surface area contributed by atoms with Gasteiger partial charge in [0.2, 0.25) is 0 Å². The largest absolute Gasteiger partial charge is 0.515 e. The number of hydrogen-bond donors (Lipinski definition) is 0. The first-order valence-corrected chi connectivity index (χ1v) is 7.49. The SMILES string of the molecule is C[N+](C)(C)C(=O)OCCC1CC1CCOC(=O)[N+](C)(C)C. The molecule has 2 amide bonds. The van der Waals surface area contributed by atoms with E-state index in [-0.39, 0.29) is 21.2 Å².